The molecule has 0 amide bonds. The maximum absolute atomic E-state index is 4.47. The van der Waals surface area contributed by atoms with E-state index >= 15 is 0 Å². The van der Waals surface area contributed by atoms with E-state index in [1.165, 1.54) is 18.4 Å². The lowest BCUT2D eigenvalue weighted by Crippen LogP contribution is -2.25. The molecule has 1 atom stereocenters. The van der Waals surface area contributed by atoms with Crippen molar-refractivity contribution in [2.75, 3.05) is 0 Å². The fourth-order valence-electron chi connectivity index (χ4n) is 2.03. The van der Waals surface area contributed by atoms with Gasteiger partial charge in [-0.15, -0.1) is 0 Å². The Morgan fingerprint density at radius 3 is 2.41 bits per heavy atom. The number of pyridine rings is 1. The summed E-state index contributed by atoms with van der Waals surface area (Å²) in [6, 6.07) is 17.5. The molecule has 1 aromatic heterocycles. The van der Waals surface area contributed by atoms with Gasteiger partial charge >= 0.3 is 0 Å². The van der Waals surface area contributed by atoms with Gasteiger partial charge in [-0.3, -0.25) is 4.98 Å². The second-order valence-corrected chi connectivity index (χ2v) is 4.54. The summed E-state index contributed by atoms with van der Waals surface area (Å²) in [4.78, 5) is 4.47. The Morgan fingerprint density at radius 2 is 1.76 bits per heavy atom. The van der Waals surface area contributed by atoms with E-state index in [0.717, 1.165) is 5.69 Å². The molecule has 2 aromatic rings. The molecule has 0 radical (unpaired) electrons. The molecule has 1 unspecified atom stereocenters. The third-order valence-electron chi connectivity index (χ3n) is 3.10. The second kappa shape index (κ2) is 4.68. The molecule has 1 N–H and O–H groups in total. The third-order valence-corrected chi connectivity index (χ3v) is 3.10. The molecule has 2 heteroatoms. The van der Waals surface area contributed by atoms with E-state index in [1.54, 1.807) is 0 Å². The molecular formula is C15H16N2. The van der Waals surface area contributed by atoms with E-state index in [2.05, 4.69) is 46.7 Å². The first-order valence-electron chi connectivity index (χ1n) is 6.15. The summed E-state index contributed by atoms with van der Waals surface area (Å²) in [5.74, 6) is 0. The predicted octanol–water partition coefficient (Wildman–Crippen LogP) is 2.92. The highest BCUT2D eigenvalue weighted by Gasteiger charge is 2.26. The van der Waals surface area contributed by atoms with Crippen molar-refractivity contribution in [3.63, 3.8) is 0 Å². The van der Waals surface area contributed by atoms with Crippen LogP contribution in [0.4, 0.5) is 0 Å². The normalized spacial score (nSPS) is 16.7. The van der Waals surface area contributed by atoms with Gasteiger partial charge in [0, 0.05) is 12.2 Å². The van der Waals surface area contributed by atoms with Crippen molar-refractivity contribution in [2.45, 2.75) is 24.9 Å². The topological polar surface area (TPSA) is 24.9 Å². The molecule has 86 valence electrons. The van der Waals surface area contributed by atoms with Gasteiger partial charge in [-0.05, 0) is 30.5 Å². The van der Waals surface area contributed by atoms with Crippen LogP contribution in [0.3, 0.4) is 0 Å². The van der Waals surface area contributed by atoms with Crippen LogP contribution in [0.1, 0.15) is 30.1 Å². The number of hydrogen-bond acceptors (Lipinski definition) is 2. The smallest absolute Gasteiger partial charge is 0.0753 e. The van der Waals surface area contributed by atoms with E-state index in [4.69, 9.17) is 0 Å². The SMILES string of the molecule is c1ccc(C(NC2CC2)c2ccccn2)cc1. The van der Waals surface area contributed by atoms with Gasteiger partial charge in [-0.2, -0.15) is 0 Å². The Bertz CT molecular complexity index is 423. The highest BCUT2D eigenvalue weighted by molar-refractivity contribution is 5.28. The minimum absolute atomic E-state index is 0.227. The quantitative estimate of drug-likeness (QED) is 0.863. The van der Waals surface area contributed by atoms with Crippen molar-refractivity contribution in [2.24, 2.45) is 0 Å². The zero-order valence-electron chi connectivity index (χ0n) is 9.71. The van der Waals surface area contributed by atoms with Crippen LogP contribution in [0.15, 0.2) is 54.7 Å². The zero-order chi connectivity index (χ0) is 11.5. The van der Waals surface area contributed by atoms with Crippen LogP contribution in [0.25, 0.3) is 0 Å². The number of nitrogens with zero attached hydrogens (tertiary/aromatic N) is 1. The lowest BCUT2D eigenvalue weighted by molar-refractivity contribution is 0.588. The molecule has 2 nitrogen and oxygen atoms in total. The van der Waals surface area contributed by atoms with Gasteiger partial charge in [0.1, 0.15) is 0 Å². The zero-order valence-corrected chi connectivity index (χ0v) is 9.71. The Labute approximate surface area is 102 Å². The van der Waals surface area contributed by atoms with E-state index in [0.29, 0.717) is 6.04 Å². The predicted molar refractivity (Wildman–Crippen MR) is 68.7 cm³/mol. The highest BCUT2D eigenvalue weighted by atomic mass is 15.0. The molecule has 0 spiro atoms. The average Bonchev–Trinajstić information content (AvgIpc) is 3.22. The van der Waals surface area contributed by atoms with Crippen LogP contribution >= 0.6 is 0 Å². The van der Waals surface area contributed by atoms with Crippen LogP contribution in [-0.2, 0) is 0 Å². The van der Waals surface area contributed by atoms with Crippen molar-refractivity contribution in [3.8, 4) is 0 Å². The standard InChI is InChI=1S/C15H16N2/c1-2-6-12(7-3-1)15(17-13-9-10-13)14-8-4-5-11-16-14/h1-8,11,13,15,17H,9-10H2. The van der Waals surface area contributed by atoms with Crippen molar-refractivity contribution < 1.29 is 0 Å². The largest absolute Gasteiger partial charge is 0.302 e. The van der Waals surface area contributed by atoms with Crippen LogP contribution < -0.4 is 5.32 Å². The Morgan fingerprint density at radius 1 is 1.00 bits per heavy atom. The summed E-state index contributed by atoms with van der Waals surface area (Å²) in [7, 11) is 0. The summed E-state index contributed by atoms with van der Waals surface area (Å²) in [6.45, 7) is 0. The summed E-state index contributed by atoms with van der Waals surface area (Å²) in [5, 5.41) is 3.66. The Balaban J connectivity index is 1.91. The van der Waals surface area contributed by atoms with Gasteiger partial charge in [0.2, 0.25) is 0 Å². The monoisotopic (exact) mass is 224 g/mol. The number of benzene rings is 1. The summed E-state index contributed by atoms with van der Waals surface area (Å²) < 4.78 is 0. The van der Waals surface area contributed by atoms with Crippen LogP contribution in [-0.4, -0.2) is 11.0 Å². The van der Waals surface area contributed by atoms with E-state index in [9.17, 15) is 0 Å². The first-order valence-corrected chi connectivity index (χ1v) is 6.15. The number of hydrogen-bond donors (Lipinski definition) is 1. The molecule has 1 aliphatic rings. The molecule has 17 heavy (non-hydrogen) atoms. The third kappa shape index (κ3) is 2.53. The van der Waals surface area contributed by atoms with Gasteiger partial charge in [-0.25, -0.2) is 0 Å². The maximum Gasteiger partial charge on any atom is 0.0753 e. The second-order valence-electron chi connectivity index (χ2n) is 4.54. The van der Waals surface area contributed by atoms with Crippen molar-refractivity contribution in [3.05, 3.63) is 66.0 Å². The molecule has 1 saturated carbocycles. The van der Waals surface area contributed by atoms with Crippen LogP contribution in [0.2, 0.25) is 0 Å². The Hall–Kier alpha value is -1.67. The van der Waals surface area contributed by atoms with E-state index < -0.39 is 0 Å². The van der Waals surface area contributed by atoms with Crippen molar-refractivity contribution in [1.82, 2.24) is 10.3 Å². The van der Waals surface area contributed by atoms with Gasteiger partial charge in [0.15, 0.2) is 0 Å². The molecular weight excluding hydrogens is 208 g/mol. The fourth-order valence-corrected chi connectivity index (χ4v) is 2.03. The molecule has 0 saturated heterocycles. The minimum Gasteiger partial charge on any atom is -0.302 e. The first kappa shape index (κ1) is 10.5. The molecule has 0 aliphatic heterocycles. The van der Waals surface area contributed by atoms with E-state index in [-0.39, 0.29) is 6.04 Å². The summed E-state index contributed by atoms with van der Waals surface area (Å²) in [6.07, 6.45) is 4.44. The van der Waals surface area contributed by atoms with Crippen molar-refractivity contribution >= 4 is 0 Å². The fraction of sp³-hybridized carbons (Fsp3) is 0.267. The van der Waals surface area contributed by atoms with Crippen LogP contribution in [0.5, 0.6) is 0 Å². The van der Waals surface area contributed by atoms with Gasteiger partial charge in [0.25, 0.3) is 0 Å². The lowest BCUT2D eigenvalue weighted by Gasteiger charge is -2.18. The van der Waals surface area contributed by atoms with E-state index in [1.807, 2.05) is 18.3 Å². The molecule has 3 rings (SSSR count). The number of rotatable bonds is 4. The summed E-state index contributed by atoms with van der Waals surface area (Å²) >= 11 is 0. The highest BCUT2D eigenvalue weighted by Crippen LogP contribution is 2.27. The molecule has 1 aliphatic carbocycles. The summed E-state index contributed by atoms with van der Waals surface area (Å²) in [5.41, 5.74) is 2.39. The average molecular weight is 224 g/mol. The Kier molecular flexibility index (Phi) is 2.88. The lowest BCUT2D eigenvalue weighted by atomic mass is 10.0. The van der Waals surface area contributed by atoms with Gasteiger partial charge in [0.05, 0.1) is 11.7 Å². The first-order chi connectivity index (χ1) is 8.43. The maximum atomic E-state index is 4.47. The van der Waals surface area contributed by atoms with Crippen LogP contribution in [0, 0.1) is 0 Å². The molecule has 1 heterocycles. The molecule has 1 aromatic carbocycles. The van der Waals surface area contributed by atoms with Gasteiger partial charge in [-0.1, -0.05) is 36.4 Å². The number of nitrogens with one attached hydrogen (secondary N) is 1. The number of aromatic nitrogens is 1. The minimum atomic E-state index is 0.227. The van der Waals surface area contributed by atoms with Gasteiger partial charge < -0.3 is 5.32 Å². The molecule has 0 bridgehead atoms. The molecule has 1 fully saturated rings. The van der Waals surface area contributed by atoms with Crippen molar-refractivity contribution in [1.29, 1.82) is 0 Å².